The summed E-state index contributed by atoms with van der Waals surface area (Å²) >= 11 is 4.83. The van der Waals surface area contributed by atoms with Crippen molar-refractivity contribution in [3.63, 3.8) is 0 Å². The largest absolute Gasteiger partial charge is 0.389 e. The van der Waals surface area contributed by atoms with Gasteiger partial charge in [0.1, 0.15) is 10.8 Å². The molecule has 0 aromatic heterocycles. The maximum absolute atomic E-state index is 14.2. The molecule has 0 radical (unpaired) electrons. The molecule has 6 heteroatoms. The predicted octanol–water partition coefficient (Wildman–Crippen LogP) is 1.16. The fourth-order valence-corrected chi connectivity index (χ4v) is 2.68. The van der Waals surface area contributed by atoms with Crippen molar-refractivity contribution in [2.45, 2.75) is 19.9 Å². The first-order valence-electron chi connectivity index (χ1n) is 6.43. The lowest BCUT2D eigenvalue weighted by Crippen LogP contribution is -2.37. The Labute approximate surface area is 122 Å². The Morgan fingerprint density at radius 1 is 1.50 bits per heavy atom. The van der Waals surface area contributed by atoms with Gasteiger partial charge < -0.3 is 11.5 Å². The average Bonchev–Trinajstić information content (AvgIpc) is 2.75. The van der Waals surface area contributed by atoms with Crippen LogP contribution in [0.3, 0.4) is 0 Å². The van der Waals surface area contributed by atoms with Crippen molar-refractivity contribution in [1.29, 1.82) is 0 Å². The van der Waals surface area contributed by atoms with Crippen LogP contribution in [0.2, 0.25) is 0 Å². The maximum atomic E-state index is 14.2. The van der Waals surface area contributed by atoms with Crippen molar-refractivity contribution < 1.29 is 9.18 Å². The molecule has 1 aromatic rings. The molecule has 1 saturated heterocycles. The molecule has 108 valence electrons. The molecule has 1 aliphatic rings. The average molecular weight is 295 g/mol. The Kier molecular flexibility index (Phi) is 4.06. The molecule has 0 spiro atoms. The van der Waals surface area contributed by atoms with Crippen LogP contribution in [0, 0.1) is 11.2 Å². The summed E-state index contributed by atoms with van der Waals surface area (Å²) in [5.41, 5.74) is 11.2. The van der Waals surface area contributed by atoms with E-state index in [0.717, 1.165) is 6.54 Å². The molecule has 0 bridgehead atoms. The van der Waals surface area contributed by atoms with E-state index in [1.54, 1.807) is 18.2 Å². The molecule has 0 saturated carbocycles. The van der Waals surface area contributed by atoms with Crippen LogP contribution in [-0.4, -0.2) is 28.9 Å². The van der Waals surface area contributed by atoms with Gasteiger partial charge in [-0.2, -0.15) is 0 Å². The second-order valence-electron chi connectivity index (χ2n) is 5.53. The second kappa shape index (κ2) is 5.46. The van der Waals surface area contributed by atoms with Gasteiger partial charge >= 0.3 is 0 Å². The summed E-state index contributed by atoms with van der Waals surface area (Å²) in [5, 5.41) is 0. The summed E-state index contributed by atoms with van der Waals surface area (Å²) in [6.07, 6.45) is 0.693. The van der Waals surface area contributed by atoms with Crippen molar-refractivity contribution in [2.75, 3.05) is 13.1 Å². The van der Waals surface area contributed by atoms with Crippen LogP contribution in [0.4, 0.5) is 4.39 Å². The highest BCUT2D eigenvalue weighted by Gasteiger charge is 2.38. The first kappa shape index (κ1) is 14.9. The van der Waals surface area contributed by atoms with E-state index in [1.165, 1.54) is 0 Å². The number of carbonyl (C=O) groups excluding carboxylic acids is 1. The van der Waals surface area contributed by atoms with Crippen LogP contribution in [-0.2, 0) is 11.3 Å². The quantitative estimate of drug-likeness (QED) is 0.818. The lowest BCUT2D eigenvalue weighted by atomic mass is 9.89. The van der Waals surface area contributed by atoms with Crippen LogP contribution in [0.5, 0.6) is 0 Å². The topological polar surface area (TPSA) is 72.4 Å². The predicted molar refractivity (Wildman–Crippen MR) is 79.5 cm³/mol. The Morgan fingerprint density at radius 3 is 2.75 bits per heavy atom. The fraction of sp³-hybridized carbons (Fsp3) is 0.429. The van der Waals surface area contributed by atoms with E-state index in [0.29, 0.717) is 25.1 Å². The van der Waals surface area contributed by atoms with E-state index < -0.39 is 5.41 Å². The molecule has 20 heavy (non-hydrogen) atoms. The number of nitrogens with two attached hydrogens (primary N) is 2. The number of nitrogens with zero attached hydrogens (tertiary/aromatic N) is 1. The van der Waals surface area contributed by atoms with Crippen molar-refractivity contribution in [1.82, 2.24) is 4.90 Å². The highest BCUT2D eigenvalue weighted by molar-refractivity contribution is 7.80. The Bertz CT molecular complexity index is 563. The fourth-order valence-electron chi connectivity index (χ4n) is 2.53. The summed E-state index contributed by atoms with van der Waals surface area (Å²) in [4.78, 5) is 13.5. The van der Waals surface area contributed by atoms with Crippen LogP contribution < -0.4 is 11.5 Å². The molecular weight excluding hydrogens is 277 g/mol. The summed E-state index contributed by atoms with van der Waals surface area (Å²) < 4.78 is 14.2. The zero-order valence-electron chi connectivity index (χ0n) is 11.4. The van der Waals surface area contributed by atoms with E-state index >= 15 is 0 Å². The van der Waals surface area contributed by atoms with Gasteiger partial charge in [0, 0.05) is 24.2 Å². The second-order valence-corrected chi connectivity index (χ2v) is 5.97. The number of hydrogen-bond acceptors (Lipinski definition) is 3. The number of thiocarbonyl (C=S) groups is 1. The lowest BCUT2D eigenvalue weighted by Gasteiger charge is -2.21. The molecule has 1 fully saturated rings. The van der Waals surface area contributed by atoms with Gasteiger partial charge in [0.05, 0.1) is 5.41 Å². The molecule has 1 atom stereocenters. The monoisotopic (exact) mass is 295 g/mol. The Morgan fingerprint density at radius 2 is 2.20 bits per heavy atom. The number of likely N-dealkylation sites (tertiary alicyclic amines) is 1. The Hall–Kier alpha value is -1.53. The SMILES string of the molecule is CC1(C(N)=O)CCN(Cc2cccc(C(N)=S)c2F)C1. The van der Waals surface area contributed by atoms with Crippen molar-refractivity contribution in [3.8, 4) is 0 Å². The molecule has 1 unspecified atom stereocenters. The maximum Gasteiger partial charge on any atom is 0.224 e. The number of benzene rings is 1. The van der Waals surface area contributed by atoms with Crippen LogP contribution in [0.1, 0.15) is 24.5 Å². The summed E-state index contributed by atoms with van der Waals surface area (Å²) in [6, 6.07) is 5.01. The third-order valence-electron chi connectivity index (χ3n) is 3.89. The molecule has 1 aromatic carbocycles. The van der Waals surface area contributed by atoms with Crippen LogP contribution in [0.15, 0.2) is 18.2 Å². The van der Waals surface area contributed by atoms with Gasteiger partial charge in [-0.3, -0.25) is 9.69 Å². The van der Waals surface area contributed by atoms with Gasteiger partial charge in [0.2, 0.25) is 5.91 Å². The van der Waals surface area contributed by atoms with E-state index in [-0.39, 0.29) is 22.3 Å². The minimum Gasteiger partial charge on any atom is -0.389 e. The molecule has 0 aliphatic carbocycles. The molecule has 4 N–H and O–H groups in total. The number of amides is 1. The molecule has 2 rings (SSSR count). The van der Waals surface area contributed by atoms with Gasteiger partial charge in [-0.15, -0.1) is 0 Å². The van der Waals surface area contributed by atoms with Crippen molar-refractivity contribution in [3.05, 3.63) is 35.1 Å². The van der Waals surface area contributed by atoms with E-state index in [4.69, 9.17) is 23.7 Å². The standard InChI is InChI=1S/C14H18FN3OS/c1-14(13(17)19)5-6-18(8-14)7-9-3-2-4-10(11(9)15)12(16)20/h2-4H,5-8H2,1H3,(H2,16,20)(H2,17,19). The highest BCUT2D eigenvalue weighted by atomic mass is 32.1. The molecular formula is C14H18FN3OS. The normalized spacial score (nSPS) is 22.9. The first-order valence-corrected chi connectivity index (χ1v) is 6.84. The number of hydrogen-bond donors (Lipinski definition) is 2. The lowest BCUT2D eigenvalue weighted by molar-refractivity contribution is -0.126. The van der Waals surface area contributed by atoms with Gasteiger partial charge in [0.25, 0.3) is 0 Å². The number of halogens is 1. The van der Waals surface area contributed by atoms with Gasteiger partial charge in [-0.25, -0.2) is 4.39 Å². The minimum absolute atomic E-state index is 0.0488. The number of rotatable bonds is 4. The summed E-state index contributed by atoms with van der Waals surface area (Å²) in [7, 11) is 0. The number of primary amides is 1. The molecule has 1 heterocycles. The minimum atomic E-state index is -0.531. The van der Waals surface area contributed by atoms with Crippen molar-refractivity contribution in [2.24, 2.45) is 16.9 Å². The zero-order valence-corrected chi connectivity index (χ0v) is 12.2. The van der Waals surface area contributed by atoms with Crippen molar-refractivity contribution >= 4 is 23.1 Å². The van der Waals surface area contributed by atoms with E-state index in [2.05, 4.69) is 0 Å². The van der Waals surface area contributed by atoms with Gasteiger partial charge in [-0.05, 0) is 26.0 Å². The third-order valence-corrected chi connectivity index (χ3v) is 4.11. The van der Waals surface area contributed by atoms with Crippen LogP contribution >= 0.6 is 12.2 Å². The number of carbonyl (C=O) groups is 1. The molecule has 1 amide bonds. The molecule has 1 aliphatic heterocycles. The van der Waals surface area contributed by atoms with Gasteiger partial charge in [-0.1, -0.05) is 24.4 Å². The summed E-state index contributed by atoms with van der Waals surface area (Å²) in [6.45, 7) is 3.53. The van der Waals surface area contributed by atoms with Crippen LogP contribution in [0.25, 0.3) is 0 Å². The van der Waals surface area contributed by atoms with E-state index in [1.807, 2.05) is 11.8 Å². The highest BCUT2D eigenvalue weighted by Crippen LogP contribution is 2.30. The summed E-state index contributed by atoms with van der Waals surface area (Å²) in [5.74, 6) is -0.690. The van der Waals surface area contributed by atoms with Gasteiger partial charge in [0.15, 0.2) is 0 Å². The Balaban J connectivity index is 2.15. The first-order chi connectivity index (χ1) is 9.33. The third kappa shape index (κ3) is 2.81. The van der Waals surface area contributed by atoms with E-state index in [9.17, 15) is 9.18 Å². The molecule has 4 nitrogen and oxygen atoms in total. The smallest absolute Gasteiger partial charge is 0.224 e. The zero-order chi connectivity index (χ0) is 14.9.